The molecule has 0 spiro atoms. The summed E-state index contributed by atoms with van der Waals surface area (Å²) in [5, 5.41) is 8.63. The lowest BCUT2D eigenvalue weighted by molar-refractivity contribution is -0.128. The molecule has 0 aromatic carbocycles. The molecule has 0 aliphatic carbocycles. The van der Waals surface area contributed by atoms with Crippen LogP contribution >= 0.6 is 22.6 Å². The van der Waals surface area contributed by atoms with Gasteiger partial charge in [-0.1, -0.05) is 22.6 Å². The predicted octanol–water partition coefficient (Wildman–Crippen LogP) is 0.936. The molecule has 0 N–H and O–H groups in total. The van der Waals surface area contributed by atoms with Crippen LogP contribution in [0.15, 0.2) is 0 Å². The summed E-state index contributed by atoms with van der Waals surface area (Å²) in [5.74, 6) is 0.0923. The topological polar surface area (TPSA) is 44.1 Å². The van der Waals surface area contributed by atoms with Crippen molar-refractivity contribution >= 4 is 28.5 Å². The largest absolute Gasteiger partial charge is 0.326 e. The van der Waals surface area contributed by atoms with Gasteiger partial charge in [0.2, 0.25) is 5.91 Å². The molecule has 1 saturated heterocycles. The van der Waals surface area contributed by atoms with Gasteiger partial charge in [0.25, 0.3) is 0 Å². The van der Waals surface area contributed by atoms with Crippen LogP contribution in [0.4, 0.5) is 0 Å². The molecule has 0 aromatic rings. The maximum Gasteiger partial charge on any atom is 0.233 e. The van der Waals surface area contributed by atoms with Gasteiger partial charge in [-0.2, -0.15) is 5.26 Å². The van der Waals surface area contributed by atoms with Gasteiger partial charge in [0.05, 0.1) is 10.5 Å². The van der Waals surface area contributed by atoms with E-state index in [-0.39, 0.29) is 11.9 Å². The fourth-order valence-corrected chi connectivity index (χ4v) is 1.71. The Morgan fingerprint density at radius 1 is 1.82 bits per heavy atom. The first kappa shape index (κ1) is 8.78. The Morgan fingerprint density at radius 2 is 2.55 bits per heavy atom. The van der Waals surface area contributed by atoms with Crippen molar-refractivity contribution in [3.05, 3.63) is 0 Å². The molecule has 0 aromatic heterocycles. The quantitative estimate of drug-likeness (QED) is 0.522. The molecule has 1 aliphatic heterocycles. The monoisotopic (exact) mass is 264 g/mol. The Kier molecular flexibility index (Phi) is 3.12. The third-order valence-electron chi connectivity index (χ3n) is 1.84. The average Bonchev–Trinajstić information content (AvgIpc) is 2.50. The van der Waals surface area contributed by atoms with Crippen LogP contribution in [0, 0.1) is 11.3 Å². The lowest BCUT2D eigenvalue weighted by Gasteiger charge is -2.17. The number of hydrogen-bond donors (Lipinski definition) is 0. The SMILES string of the molecule is N#C[C@@H]1CCCN1C(=O)CI. The van der Waals surface area contributed by atoms with E-state index in [1.165, 1.54) is 0 Å². The van der Waals surface area contributed by atoms with E-state index in [1.54, 1.807) is 4.90 Å². The lowest BCUT2D eigenvalue weighted by Crippen LogP contribution is -2.35. The molecule has 60 valence electrons. The summed E-state index contributed by atoms with van der Waals surface area (Å²) in [6.45, 7) is 0.764. The van der Waals surface area contributed by atoms with Crippen molar-refractivity contribution in [3.8, 4) is 6.07 Å². The molecule has 0 radical (unpaired) electrons. The molecule has 1 amide bonds. The Bertz CT molecular complexity index is 199. The minimum absolute atomic E-state index is 0.0923. The Hall–Kier alpha value is -0.310. The summed E-state index contributed by atoms with van der Waals surface area (Å²) in [5.41, 5.74) is 0. The predicted molar refractivity (Wildman–Crippen MR) is 49.2 cm³/mol. The number of carbonyl (C=O) groups is 1. The van der Waals surface area contributed by atoms with Gasteiger partial charge in [-0.15, -0.1) is 0 Å². The van der Waals surface area contributed by atoms with Gasteiger partial charge in [0.15, 0.2) is 0 Å². The first-order chi connectivity index (χ1) is 5.29. The zero-order valence-electron chi connectivity index (χ0n) is 6.09. The number of amides is 1. The number of alkyl halides is 1. The number of halogens is 1. The fourth-order valence-electron chi connectivity index (χ4n) is 1.28. The van der Waals surface area contributed by atoms with Gasteiger partial charge in [0.1, 0.15) is 6.04 Å². The third kappa shape index (κ3) is 1.83. The molecule has 11 heavy (non-hydrogen) atoms. The van der Waals surface area contributed by atoms with Gasteiger partial charge < -0.3 is 4.90 Å². The molecule has 1 aliphatic rings. The van der Waals surface area contributed by atoms with Gasteiger partial charge in [-0.25, -0.2) is 0 Å². The highest BCUT2D eigenvalue weighted by molar-refractivity contribution is 14.1. The van der Waals surface area contributed by atoms with Gasteiger partial charge >= 0.3 is 0 Å². The van der Waals surface area contributed by atoms with Crippen molar-refractivity contribution in [2.45, 2.75) is 18.9 Å². The summed E-state index contributed by atoms with van der Waals surface area (Å²) < 4.78 is 0.482. The molecule has 1 rings (SSSR count). The standard InChI is InChI=1S/C7H9IN2O/c8-4-7(11)10-3-1-2-6(10)5-9/h6H,1-4H2/t6-/m0/s1. The van der Waals surface area contributed by atoms with Crippen LogP contribution in [0.3, 0.4) is 0 Å². The molecule has 1 fully saturated rings. The highest BCUT2D eigenvalue weighted by atomic mass is 127. The second kappa shape index (κ2) is 3.90. The maximum absolute atomic E-state index is 11.2. The zero-order valence-corrected chi connectivity index (χ0v) is 8.24. The van der Waals surface area contributed by atoms with E-state index in [0.29, 0.717) is 4.43 Å². The summed E-state index contributed by atoms with van der Waals surface area (Å²) in [6.07, 6.45) is 1.82. The van der Waals surface area contributed by atoms with Gasteiger partial charge in [-0.3, -0.25) is 4.79 Å². The Labute approximate surface area is 79.5 Å². The highest BCUT2D eigenvalue weighted by Crippen LogP contribution is 2.16. The van der Waals surface area contributed by atoms with E-state index in [0.717, 1.165) is 19.4 Å². The number of hydrogen-bond acceptors (Lipinski definition) is 2. The smallest absolute Gasteiger partial charge is 0.233 e. The lowest BCUT2D eigenvalue weighted by atomic mass is 10.2. The summed E-state index contributed by atoms with van der Waals surface area (Å²) >= 11 is 2.03. The summed E-state index contributed by atoms with van der Waals surface area (Å²) in [7, 11) is 0. The van der Waals surface area contributed by atoms with Crippen LogP contribution in [0.1, 0.15) is 12.8 Å². The van der Waals surface area contributed by atoms with Crippen molar-refractivity contribution in [2.24, 2.45) is 0 Å². The number of nitrogens with zero attached hydrogens (tertiary/aromatic N) is 2. The van der Waals surface area contributed by atoms with Crippen LogP contribution in [-0.4, -0.2) is 27.8 Å². The van der Waals surface area contributed by atoms with Crippen LogP contribution in [0.5, 0.6) is 0 Å². The number of carbonyl (C=O) groups excluding carboxylic acids is 1. The number of likely N-dealkylation sites (tertiary alicyclic amines) is 1. The summed E-state index contributed by atoms with van der Waals surface area (Å²) in [4.78, 5) is 12.8. The van der Waals surface area contributed by atoms with Crippen LogP contribution in [-0.2, 0) is 4.79 Å². The molecule has 1 heterocycles. The van der Waals surface area contributed by atoms with E-state index in [1.807, 2.05) is 22.6 Å². The fraction of sp³-hybridized carbons (Fsp3) is 0.714. The van der Waals surface area contributed by atoms with Gasteiger partial charge in [0, 0.05) is 6.54 Å². The minimum atomic E-state index is -0.155. The first-order valence-corrected chi connectivity index (χ1v) is 5.07. The van der Waals surface area contributed by atoms with E-state index < -0.39 is 0 Å². The molecular formula is C7H9IN2O. The van der Waals surface area contributed by atoms with Crippen LogP contribution < -0.4 is 0 Å². The molecule has 3 nitrogen and oxygen atoms in total. The van der Waals surface area contributed by atoms with Crippen molar-refractivity contribution in [3.63, 3.8) is 0 Å². The van der Waals surface area contributed by atoms with Crippen molar-refractivity contribution < 1.29 is 4.79 Å². The molecule has 0 bridgehead atoms. The van der Waals surface area contributed by atoms with E-state index in [9.17, 15) is 4.79 Å². The maximum atomic E-state index is 11.2. The summed E-state index contributed by atoms with van der Waals surface area (Å²) in [6, 6.07) is 1.98. The zero-order chi connectivity index (χ0) is 8.27. The van der Waals surface area contributed by atoms with Crippen LogP contribution in [0.25, 0.3) is 0 Å². The third-order valence-corrected chi connectivity index (χ3v) is 2.49. The van der Waals surface area contributed by atoms with E-state index in [2.05, 4.69) is 6.07 Å². The van der Waals surface area contributed by atoms with Crippen molar-refractivity contribution in [1.29, 1.82) is 5.26 Å². The van der Waals surface area contributed by atoms with Crippen molar-refractivity contribution in [2.75, 3.05) is 11.0 Å². The minimum Gasteiger partial charge on any atom is -0.326 e. The first-order valence-electron chi connectivity index (χ1n) is 3.54. The van der Waals surface area contributed by atoms with Crippen LogP contribution in [0.2, 0.25) is 0 Å². The second-order valence-electron chi connectivity index (χ2n) is 2.51. The van der Waals surface area contributed by atoms with E-state index in [4.69, 9.17) is 5.26 Å². The molecule has 0 saturated carbocycles. The van der Waals surface area contributed by atoms with Gasteiger partial charge in [-0.05, 0) is 12.8 Å². The van der Waals surface area contributed by atoms with E-state index >= 15 is 0 Å². The average molecular weight is 264 g/mol. The van der Waals surface area contributed by atoms with Crippen molar-refractivity contribution in [1.82, 2.24) is 4.90 Å². The Balaban J connectivity index is 2.58. The highest BCUT2D eigenvalue weighted by Gasteiger charge is 2.27. The molecule has 4 heteroatoms. The second-order valence-corrected chi connectivity index (χ2v) is 3.27. The molecular weight excluding hydrogens is 255 g/mol. The number of rotatable bonds is 1. The molecule has 0 unspecified atom stereocenters. The Morgan fingerprint density at radius 3 is 3.09 bits per heavy atom. The molecule has 1 atom stereocenters. The normalized spacial score (nSPS) is 23.3. The number of nitriles is 1.